The molecule has 2 aromatic heterocycles. The molecule has 3 aromatic rings. The predicted molar refractivity (Wildman–Crippen MR) is 88.4 cm³/mol. The average Bonchev–Trinajstić information content (AvgIpc) is 3.15. The zero-order chi connectivity index (χ0) is 17.6. The van der Waals surface area contributed by atoms with Crippen molar-refractivity contribution in [2.24, 2.45) is 0 Å². The zero-order valence-corrected chi connectivity index (χ0v) is 13.8. The van der Waals surface area contributed by atoms with Gasteiger partial charge in [-0.25, -0.2) is 9.78 Å². The number of esters is 1. The molecule has 0 fully saturated rings. The molecule has 0 unspecified atom stereocenters. The zero-order valence-electron chi connectivity index (χ0n) is 13.8. The Balaban J connectivity index is 1.69. The molecule has 0 amide bonds. The Labute approximate surface area is 144 Å². The molecule has 7 nitrogen and oxygen atoms in total. The highest BCUT2D eigenvalue weighted by molar-refractivity contribution is 5.87. The average molecular weight is 340 g/mol. The molecule has 0 atom stereocenters. The van der Waals surface area contributed by atoms with Crippen molar-refractivity contribution in [1.29, 1.82) is 0 Å². The van der Waals surface area contributed by atoms with E-state index >= 15 is 0 Å². The molecular formula is C18H16N2O5. The Bertz CT molecular complexity index is 861. The summed E-state index contributed by atoms with van der Waals surface area (Å²) in [4.78, 5) is 15.8. The molecule has 2 heterocycles. The second-order valence-corrected chi connectivity index (χ2v) is 5.04. The fraction of sp³-hybridized carbons (Fsp3) is 0.167. The Morgan fingerprint density at radius 3 is 2.64 bits per heavy atom. The summed E-state index contributed by atoms with van der Waals surface area (Å²) in [6, 6.07) is 12.1. The van der Waals surface area contributed by atoms with Crippen LogP contribution in [0.25, 0.3) is 11.3 Å². The molecular weight excluding hydrogens is 324 g/mol. The lowest BCUT2D eigenvalue weighted by atomic mass is 10.1. The van der Waals surface area contributed by atoms with Crippen molar-refractivity contribution in [3.63, 3.8) is 0 Å². The van der Waals surface area contributed by atoms with Crippen molar-refractivity contribution in [2.45, 2.75) is 6.61 Å². The number of aromatic nitrogens is 2. The van der Waals surface area contributed by atoms with Crippen molar-refractivity contribution >= 4 is 5.97 Å². The highest BCUT2D eigenvalue weighted by atomic mass is 16.5. The van der Waals surface area contributed by atoms with Crippen molar-refractivity contribution < 1.29 is 23.5 Å². The number of methoxy groups -OCH3 is 2. The fourth-order valence-corrected chi connectivity index (χ4v) is 2.20. The summed E-state index contributed by atoms with van der Waals surface area (Å²) >= 11 is 0. The van der Waals surface area contributed by atoms with E-state index in [1.54, 1.807) is 50.6 Å². The maximum absolute atomic E-state index is 11.9. The van der Waals surface area contributed by atoms with Gasteiger partial charge in [0.15, 0.2) is 17.3 Å². The van der Waals surface area contributed by atoms with Gasteiger partial charge in [0.05, 0.1) is 14.2 Å². The number of ether oxygens (including phenoxy) is 3. The van der Waals surface area contributed by atoms with E-state index in [0.717, 1.165) is 5.56 Å². The smallest absolute Gasteiger partial charge is 0.357 e. The largest absolute Gasteiger partial charge is 0.493 e. The van der Waals surface area contributed by atoms with Crippen molar-refractivity contribution in [3.8, 4) is 22.8 Å². The van der Waals surface area contributed by atoms with E-state index in [-0.39, 0.29) is 12.3 Å². The highest BCUT2D eigenvalue weighted by Crippen LogP contribution is 2.32. The lowest BCUT2D eigenvalue weighted by Gasteiger charge is -2.07. The van der Waals surface area contributed by atoms with E-state index in [9.17, 15) is 4.79 Å². The van der Waals surface area contributed by atoms with Crippen molar-refractivity contribution in [1.82, 2.24) is 10.1 Å². The normalized spacial score (nSPS) is 10.3. The molecule has 0 aliphatic carbocycles. The molecule has 3 rings (SSSR count). The minimum absolute atomic E-state index is 0.00774. The van der Waals surface area contributed by atoms with Gasteiger partial charge in [-0.05, 0) is 30.3 Å². The molecule has 0 aliphatic rings. The number of pyridine rings is 1. The topological polar surface area (TPSA) is 83.7 Å². The number of hydrogen-bond donors (Lipinski definition) is 0. The van der Waals surface area contributed by atoms with Crippen LogP contribution in [0.5, 0.6) is 11.5 Å². The number of nitrogens with zero attached hydrogens (tertiary/aromatic N) is 2. The summed E-state index contributed by atoms with van der Waals surface area (Å²) in [5.41, 5.74) is 1.51. The van der Waals surface area contributed by atoms with Gasteiger partial charge in [0.2, 0.25) is 0 Å². The molecule has 1 aromatic carbocycles. The summed E-state index contributed by atoms with van der Waals surface area (Å²) < 4.78 is 21.0. The van der Waals surface area contributed by atoms with Crippen LogP contribution in [0.1, 0.15) is 16.2 Å². The van der Waals surface area contributed by atoms with E-state index in [4.69, 9.17) is 18.7 Å². The molecule has 0 bridgehead atoms. The van der Waals surface area contributed by atoms with Gasteiger partial charge >= 0.3 is 5.97 Å². The van der Waals surface area contributed by atoms with Gasteiger partial charge in [0, 0.05) is 17.8 Å². The Morgan fingerprint density at radius 2 is 1.92 bits per heavy atom. The van der Waals surface area contributed by atoms with Gasteiger partial charge in [-0.3, -0.25) is 0 Å². The second kappa shape index (κ2) is 7.48. The highest BCUT2D eigenvalue weighted by Gasteiger charge is 2.13. The summed E-state index contributed by atoms with van der Waals surface area (Å²) in [6.07, 6.45) is 1.53. The summed E-state index contributed by atoms with van der Waals surface area (Å²) in [6.45, 7) is -0.00774. The van der Waals surface area contributed by atoms with Gasteiger partial charge in [-0.2, -0.15) is 0 Å². The van der Waals surface area contributed by atoms with Gasteiger partial charge in [0.1, 0.15) is 18.0 Å². The number of carbonyl (C=O) groups is 1. The molecule has 0 saturated carbocycles. The molecule has 25 heavy (non-hydrogen) atoms. The van der Waals surface area contributed by atoms with Crippen LogP contribution in [-0.4, -0.2) is 30.3 Å². The van der Waals surface area contributed by atoms with Crippen molar-refractivity contribution in [2.75, 3.05) is 14.2 Å². The summed E-state index contributed by atoms with van der Waals surface area (Å²) in [5, 5.41) is 3.91. The molecule has 0 saturated heterocycles. The molecule has 0 N–H and O–H groups in total. The van der Waals surface area contributed by atoms with Gasteiger partial charge in [-0.15, -0.1) is 0 Å². The molecule has 7 heteroatoms. The van der Waals surface area contributed by atoms with E-state index in [1.165, 1.54) is 6.20 Å². The third-order valence-corrected chi connectivity index (χ3v) is 3.45. The maximum atomic E-state index is 11.9. The number of hydrogen-bond acceptors (Lipinski definition) is 7. The Kier molecular flexibility index (Phi) is 4.94. The van der Waals surface area contributed by atoms with Crippen LogP contribution in [0, 0.1) is 0 Å². The van der Waals surface area contributed by atoms with Gasteiger partial charge in [-0.1, -0.05) is 11.2 Å². The summed E-state index contributed by atoms with van der Waals surface area (Å²) in [7, 11) is 3.13. The quantitative estimate of drug-likeness (QED) is 0.637. The maximum Gasteiger partial charge on any atom is 0.357 e. The van der Waals surface area contributed by atoms with E-state index < -0.39 is 5.97 Å². The predicted octanol–water partition coefficient (Wildman–Crippen LogP) is 3.11. The molecule has 0 radical (unpaired) electrons. The van der Waals surface area contributed by atoms with Crippen LogP contribution in [-0.2, 0) is 11.3 Å². The van der Waals surface area contributed by atoms with Crippen LogP contribution >= 0.6 is 0 Å². The first kappa shape index (κ1) is 16.5. The van der Waals surface area contributed by atoms with E-state index in [2.05, 4.69) is 10.1 Å². The van der Waals surface area contributed by atoms with Gasteiger partial charge < -0.3 is 18.7 Å². The minimum atomic E-state index is -0.517. The minimum Gasteiger partial charge on any atom is -0.493 e. The third kappa shape index (κ3) is 3.77. The number of carbonyl (C=O) groups excluding carboxylic acids is 1. The lowest BCUT2D eigenvalue weighted by molar-refractivity contribution is 0.0457. The standard InChI is InChI=1S/C18H16N2O5/c1-22-15-7-6-12(9-17(15)23-2)16-10-13(20-25-16)11-24-18(21)14-5-3-4-8-19-14/h3-10H,11H2,1-2H3. The first-order valence-corrected chi connectivity index (χ1v) is 7.47. The Hall–Kier alpha value is -3.35. The van der Waals surface area contributed by atoms with Crippen LogP contribution < -0.4 is 9.47 Å². The molecule has 0 spiro atoms. The van der Waals surface area contributed by atoms with Crippen molar-refractivity contribution in [3.05, 3.63) is 60.0 Å². The Morgan fingerprint density at radius 1 is 1.08 bits per heavy atom. The van der Waals surface area contributed by atoms with Crippen LogP contribution in [0.15, 0.2) is 53.2 Å². The second-order valence-electron chi connectivity index (χ2n) is 5.04. The number of rotatable bonds is 6. The molecule has 128 valence electrons. The number of benzene rings is 1. The first-order valence-electron chi connectivity index (χ1n) is 7.47. The first-order chi connectivity index (χ1) is 12.2. The van der Waals surface area contributed by atoms with Gasteiger partial charge in [0.25, 0.3) is 0 Å². The lowest BCUT2D eigenvalue weighted by Crippen LogP contribution is -2.06. The molecule has 0 aliphatic heterocycles. The SMILES string of the molecule is COc1ccc(-c2cc(COC(=O)c3ccccn3)no2)cc1OC. The van der Waals surface area contributed by atoms with Crippen LogP contribution in [0.3, 0.4) is 0 Å². The van der Waals surface area contributed by atoms with E-state index in [1.807, 2.05) is 6.07 Å². The summed E-state index contributed by atoms with van der Waals surface area (Å²) in [5.74, 6) is 1.22. The van der Waals surface area contributed by atoms with E-state index in [0.29, 0.717) is 23.0 Å². The third-order valence-electron chi connectivity index (χ3n) is 3.45. The van der Waals surface area contributed by atoms with Crippen LogP contribution in [0.2, 0.25) is 0 Å². The van der Waals surface area contributed by atoms with Crippen LogP contribution in [0.4, 0.5) is 0 Å². The monoisotopic (exact) mass is 340 g/mol. The fourth-order valence-electron chi connectivity index (χ4n) is 2.20.